The van der Waals surface area contributed by atoms with E-state index in [4.69, 9.17) is 0 Å². The number of para-hydroxylation sites is 2. The Morgan fingerprint density at radius 2 is 1.79 bits per heavy atom. The smallest absolute Gasteiger partial charge is 0.229 e. The van der Waals surface area contributed by atoms with Gasteiger partial charge >= 0.3 is 0 Å². The van der Waals surface area contributed by atoms with Gasteiger partial charge < -0.3 is 15.1 Å². The number of benzene rings is 2. The second-order valence-corrected chi connectivity index (χ2v) is 7.63. The summed E-state index contributed by atoms with van der Waals surface area (Å²) in [7, 11) is 0. The van der Waals surface area contributed by atoms with Crippen molar-refractivity contribution in [2.75, 3.05) is 34.8 Å². The Bertz CT molecular complexity index is 856. The Morgan fingerprint density at radius 3 is 2.50 bits per heavy atom. The zero-order valence-electron chi connectivity index (χ0n) is 16.4. The van der Waals surface area contributed by atoms with Gasteiger partial charge in [-0.15, -0.1) is 0 Å². The maximum absolute atomic E-state index is 12.9. The molecule has 146 valence electrons. The molecule has 2 aromatic carbocycles. The molecular weight excluding hydrogens is 350 g/mol. The molecule has 2 aliphatic rings. The molecule has 0 bridgehead atoms. The largest absolute Gasteiger partial charge is 0.370 e. The Balaban J connectivity index is 1.45. The van der Waals surface area contributed by atoms with E-state index in [-0.39, 0.29) is 24.2 Å². The topological polar surface area (TPSA) is 52.7 Å². The SMILES string of the molecule is CCc1ccc(N2C[C@H](C(=O)Nc3ccccc3N3CCCC3)CC2=O)cc1. The maximum atomic E-state index is 12.9. The fourth-order valence-electron chi connectivity index (χ4n) is 4.09. The van der Waals surface area contributed by atoms with Crippen molar-refractivity contribution >= 4 is 28.9 Å². The van der Waals surface area contributed by atoms with Crippen molar-refractivity contribution in [1.82, 2.24) is 0 Å². The minimum atomic E-state index is -0.329. The van der Waals surface area contributed by atoms with Crippen LogP contribution in [-0.2, 0) is 16.0 Å². The molecule has 0 spiro atoms. The molecule has 28 heavy (non-hydrogen) atoms. The zero-order chi connectivity index (χ0) is 19.5. The lowest BCUT2D eigenvalue weighted by Crippen LogP contribution is -2.29. The number of nitrogens with zero attached hydrogens (tertiary/aromatic N) is 2. The summed E-state index contributed by atoms with van der Waals surface area (Å²) in [6.45, 7) is 4.59. The van der Waals surface area contributed by atoms with E-state index < -0.39 is 0 Å². The lowest BCUT2D eigenvalue weighted by Gasteiger charge is -2.22. The molecular formula is C23H27N3O2. The lowest BCUT2D eigenvalue weighted by molar-refractivity contribution is -0.122. The van der Waals surface area contributed by atoms with Crippen molar-refractivity contribution in [3.63, 3.8) is 0 Å². The van der Waals surface area contributed by atoms with Crippen molar-refractivity contribution in [2.24, 2.45) is 5.92 Å². The summed E-state index contributed by atoms with van der Waals surface area (Å²) in [5, 5.41) is 3.08. The molecule has 2 heterocycles. The predicted octanol–water partition coefficient (Wildman–Crippen LogP) is 3.84. The third-order valence-corrected chi connectivity index (χ3v) is 5.76. The summed E-state index contributed by atoms with van der Waals surface area (Å²) in [5.74, 6) is -0.394. The Labute approximate surface area is 166 Å². The second-order valence-electron chi connectivity index (χ2n) is 7.63. The van der Waals surface area contributed by atoms with Crippen LogP contribution in [0.5, 0.6) is 0 Å². The number of amides is 2. The molecule has 2 amide bonds. The minimum absolute atomic E-state index is 0.0113. The van der Waals surface area contributed by atoms with E-state index in [0.29, 0.717) is 6.54 Å². The van der Waals surface area contributed by atoms with Crippen LogP contribution in [0.4, 0.5) is 17.1 Å². The molecule has 2 aromatic rings. The maximum Gasteiger partial charge on any atom is 0.229 e. The first kappa shape index (κ1) is 18.5. The fourth-order valence-corrected chi connectivity index (χ4v) is 4.09. The van der Waals surface area contributed by atoms with E-state index in [1.807, 2.05) is 42.5 Å². The van der Waals surface area contributed by atoms with Gasteiger partial charge in [0.15, 0.2) is 0 Å². The summed E-state index contributed by atoms with van der Waals surface area (Å²) in [4.78, 5) is 29.5. The second kappa shape index (κ2) is 8.05. The van der Waals surface area contributed by atoms with Gasteiger partial charge in [-0.2, -0.15) is 0 Å². The van der Waals surface area contributed by atoms with Gasteiger partial charge in [0.1, 0.15) is 0 Å². The third-order valence-electron chi connectivity index (χ3n) is 5.76. The molecule has 0 saturated carbocycles. The number of carbonyl (C=O) groups is 2. The summed E-state index contributed by atoms with van der Waals surface area (Å²) < 4.78 is 0. The number of anilines is 3. The Morgan fingerprint density at radius 1 is 1.07 bits per heavy atom. The monoisotopic (exact) mass is 377 g/mol. The summed E-state index contributed by atoms with van der Waals surface area (Å²) in [6.07, 6.45) is 3.60. The standard InChI is InChI=1S/C23H27N3O2/c1-2-17-9-11-19(12-10-17)26-16-18(15-22(26)27)23(28)24-20-7-3-4-8-21(20)25-13-5-6-14-25/h3-4,7-12,18H,2,5-6,13-16H2,1H3,(H,24,28)/t18-/m1/s1. The molecule has 0 unspecified atom stereocenters. The number of hydrogen-bond acceptors (Lipinski definition) is 3. The lowest BCUT2D eigenvalue weighted by atomic mass is 10.1. The quantitative estimate of drug-likeness (QED) is 0.861. The normalized spacial score (nSPS) is 19.3. The van der Waals surface area contributed by atoms with Crippen LogP contribution in [0.3, 0.4) is 0 Å². The first-order valence-corrected chi connectivity index (χ1v) is 10.2. The first-order valence-electron chi connectivity index (χ1n) is 10.2. The van der Waals surface area contributed by atoms with E-state index in [1.54, 1.807) is 4.90 Å². The van der Waals surface area contributed by atoms with Gasteiger partial charge in [-0.3, -0.25) is 9.59 Å². The van der Waals surface area contributed by atoms with Gasteiger partial charge in [0, 0.05) is 31.7 Å². The fraction of sp³-hybridized carbons (Fsp3) is 0.391. The van der Waals surface area contributed by atoms with Gasteiger partial charge in [0.2, 0.25) is 11.8 Å². The van der Waals surface area contributed by atoms with E-state index in [9.17, 15) is 9.59 Å². The molecule has 4 rings (SSSR count). The molecule has 5 nitrogen and oxygen atoms in total. The number of nitrogens with one attached hydrogen (secondary N) is 1. The van der Waals surface area contributed by atoms with Crippen LogP contribution in [0.15, 0.2) is 48.5 Å². The van der Waals surface area contributed by atoms with Crippen LogP contribution in [-0.4, -0.2) is 31.4 Å². The number of aryl methyl sites for hydroxylation is 1. The molecule has 0 aliphatic carbocycles. The van der Waals surface area contributed by atoms with Crippen molar-refractivity contribution < 1.29 is 9.59 Å². The number of rotatable bonds is 5. The highest BCUT2D eigenvalue weighted by atomic mass is 16.2. The molecule has 0 radical (unpaired) electrons. The number of carbonyl (C=O) groups excluding carboxylic acids is 2. The molecule has 5 heteroatoms. The molecule has 2 fully saturated rings. The molecule has 2 saturated heterocycles. The minimum Gasteiger partial charge on any atom is -0.370 e. The van der Waals surface area contributed by atoms with E-state index in [0.717, 1.165) is 36.6 Å². The van der Waals surface area contributed by atoms with Crippen molar-refractivity contribution in [2.45, 2.75) is 32.6 Å². The van der Waals surface area contributed by atoms with Gasteiger partial charge in [0.25, 0.3) is 0 Å². The van der Waals surface area contributed by atoms with Gasteiger partial charge in [0.05, 0.1) is 17.3 Å². The Kier molecular flexibility index (Phi) is 5.33. The highest BCUT2D eigenvalue weighted by Crippen LogP contribution is 2.31. The molecule has 2 aliphatic heterocycles. The summed E-state index contributed by atoms with van der Waals surface area (Å²) in [6, 6.07) is 16.0. The molecule has 0 aromatic heterocycles. The van der Waals surface area contributed by atoms with Gasteiger partial charge in [-0.05, 0) is 49.1 Å². The van der Waals surface area contributed by atoms with Gasteiger partial charge in [-0.1, -0.05) is 31.2 Å². The first-order chi connectivity index (χ1) is 13.7. The third kappa shape index (κ3) is 3.75. The van der Waals surface area contributed by atoms with Crippen LogP contribution in [0, 0.1) is 5.92 Å². The van der Waals surface area contributed by atoms with Crippen LogP contribution < -0.4 is 15.1 Å². The summed E-state index contributed by atoms with van der Waals surface area (Å²) in [5.41, 5.74) is 4.02. The van der Waals surface area contributed by atoms with Crippen LogP contribution in [0.2, 0.25) is 0 Å². The average molecular weight is 377 g/mol. The van der Waals surface area contributed by atoms with E-state index in [2.05, 4.69) is 23.2 Å². The average Bonchev–Trinajstić information content (AvgIpc) is 3.38. The molecule has 1 atom stereocenters. The zero-order valence-corrected chi connectivity index (χ0v) is 16.4. The Hall–Kier alpha value is -2.82. The van der Waals surface area contributed by atoms with Crippen molar-refractivity contribution in [3.8, 4) is 0 Å². The van der Waals surface area contributed by atoms with Crippen molar-refractivity contribution in [3.05, 3.63) is 54.1 Å². The van der Waals surface area contributed by atoms with Crippen LogP contribution >= 0.6 is 0 Å². The van der Waals surface area contributed by atoms with Crippen LogP contribution in [0.1, 0.15) is 31.7 Å². The van der Waals surface area contributed by atoms with Crippen LogP contribution in [0.25, 0.3) is 0 Å². The van der Waals surface area contributed by atoms with Gasteiger partial charge in [-0.25, -0.2) is 0 Å². The van der Waals surface area contributed by atoms with Crippen molar-refractivity contribution in [1.29, 1.82) is 0 Å². The number of hydrogen-bond donors (Lipinski definition) is 1. The van der Waals surface area contributed by atoms with E-state index >= 15 is 0 Å². The molecule has 1 N–H and O–H groups in total. The summed E-state index contributed by atoms with van der Waals surface area (Å²) >= 11 is 0. The highest BCUT2D eigenvalue weighted by molar-refractivity contribution is 6.04. The van der Waals surface area contributed by atoms with E-state index in [1.165, 1.54) is 18.4 Å². The predicted molar refractivity (Wildman–Crippen MR) is 113 cm³/mol. The highest BCUT2D eigenvalue weighted by Gasteiger charge is 2.35.